The van der Waals surface area contributed by atoms with Gasteiger partial charge in [-0.3, -0.25) is 4.68 Å². The number of aryl methyl sites for hydroxylation is 2. The van der Waals surface area contributed by atoms with E-state index in [1.165, 1.54) is 0 Å². The molecule has 1 atom stereocenters. The number of nitrogens with one attached hydrogen (secondary N) is 1. The Hall–Kier alpha value is -1.52. The number of ether oxygens (including phenoxy) is 1. The topological polar surface area (TPSA) is 56.1 Å². The van der Waals surface area contributed by atoms with Crippen LogP contribution in [0.5, 0.6) is 0 Å². The van der Waals surface area contributed by atoms with Gasteiger partial charge in [-0.2, -0.15) is 5.10 Å². The molecule has 16 heavy (non-hydrogen) atoms. The third-order valence-electron chi connectivity index (χ3n) is 2.25. The van der Waals surface area contributed by atoms with Crippen molar-refractivity contribution >= 4 is 11.7 Å². The molecule has 1 unspecified atom stereocenters. The van der Waals surface area contributed by atoms with Gasteiger partial charge in [0, 0.05) is 13.2 Å². The summed E-state index contributed by atoms with van der Waals surface area (Å²) in [7, 11) is 1.86. The molecule has 1 aromatic heterocycles. The van der Waals surface area contributed by atoms with Crippen LogP contribution in [0.3, 0.4) is 0 Å². The standard InChI is InChI=1S/C11H19N3O2/c1-5-9-10(7-14(4)13-9)12-8(3)11(15)16-6-2/h7-8,12H,5-6H2,1-4H3. The van der Waals surface area contributed by atoms with Gasteiger partial charge in [-0.15, -0.1) is 0 Å². The Morgan fingerprint density at radius 3 is 2.88 bits per heavy atom. The number of rotatable bonds is 5. The van der Waals surface area contributed by atoms with E-state index in [1.807, 2.05) is 20.2 Å². The molecule has 0 spiro atoms. The second kappa shape index (κ2) is 5.53. The van der Waals surface area contributed by atoms with Crippen LogP contribution in [0.15, 0.2) is 6.20 Å². The molecule has 1 N–H and O–H groups in total. The SMILES string of the molecule is CCOC(=O)C(C)Nc1cn(C)nc1CC. The highest BCUT2D eigenvalue weighted by atomic mass is 16.5. The largest absolute Gasteiger partial charge is 0.464 e. The number of nitrogens with zero attached hydrogens (tertiary/aromatic N) is 2. The fraction of sp³-hybridized carbons (Fsp3) is 0.636. The summed E-state index contributed by atoms with van der Waals surface area (Å²) in [5.41, 5.74) is 1.85. The Bertz CT molecular complexity index is 360. The van der Waals surface area contributed by atoms with Crippen LogP contribution in [0.25, 0.3) is 0 Å². The van der Waals surface area contributed by atoms with Crippen LogP contribution in [0.4, 0.5) is 5.69 Å². The van der Waals surface area contributed by atoms with Gasteiger partial charge in [0.1, 0.15) is 6.04 Å². The third kappa shape index (κ3) is 2.98. The molecule has 0 aliphatic carbocycles. The lowest BCUT2D eigenvalue weighted by Gasteiger charge is -2.13. The number of carbonyl (C=O) groups excluding carboxylic acids is 1. The molecule has 0 radical (unpaired) electrons. The van der Waals surface area contributed by atoms with Crippen molar-refractivity contribution in [1.29, 1.82) is 0 Å². The summed E-state index contributed by atoms with van der Waals surface area (Å²) in [6.45, 7) is 6.01. The maximum Gasteiger partial charge on any atom is 0.328 e. The Morgan fingerprint density at radius 2 is 2.31 bits per heavy atom. The summed E-state index contributed by atoms with van der Waals surface area (Å²) < 4.78 is 6.66. The van der Waals surface area contributed by atoms with E-state index < -0.39 is 0 Å². The first-order chi connectivity index (χ1) is 7.58. The zero-order chi connectivity index (χ0) is 12.1. The minimum Gasteiger partial charge on any atom is -0.464 e. The number of hydrogen-bond donors (Lipinski definition) is 1. The molecule has 0 saturated heterocycles. The molecule has 0 aromatic carbocycles. The second-order valence-electron chi connectivity index (χ2n) is 3.63. The van der Waals surface area contributed by atoms with Crippen molar-refractivity contribution in [3.05, 3.63) is 11.9 Å². The summed E-state index contributed by atoms with van der Waals surface area (Å²) in [6, 6.07) is -0.352. The van der Waals surface area contributed by atoms with Gasteiger partial charge in [0.25, 0.3) is 0 Å². The average Bonchev–Trinajstić information content (AvgIpc) is 2.59. The summed E-state index contributed by atoms with van der Waals surface area (Å²) >= 11 is 0. The van der Waals surface area contributed by atoms with Crippen LogP contribution in [0.1, 0.15) is 26.5 Å². The molecule has 0 saturated carbocycles. The van der Waals surface area contributed by atoms with Gasteiger partial charge in [0.2, 0.25) is 0 Å². The van der Waals surface area contributed by atoms with Crippen molar-refractivity contribution in [2.45, 2.75) is 33.2 Å². The van der Waals surface area contributed by atoms with E-state index in [1.54, 1.807) is 18.5 Å². The number of esters is 1. The molecule has 5 nitrogen and oxygen atoms in total. The molecule has 0 aliphatic rings. The van der Waals surface area contributed by atoms with Crippen LogP contribution in [-0.4, -0.2) is 28.4 Å². The smallest absolute Gasteiger partial charge is 0.328 e. The van der Waals surface area contributed by atoms with Crippen molar-refractivity contribution in [2.24, 2.45) is 7.05 Å². The van der Waals surface area contributed by atoms with Crippen molar-refractivity contribution in [2.75, 3.05) is 11.9 Å². The third-order valence-corrected chi connectivity index (χ3v) is 2.25. The summed E-state index contributed by atoms with van der Waals surface area (Å²) in [4.78, 5) is 11.4. The predicted molar refractivity (Wildman–Crippen MR) is 62.3 cm³/mol. The number of anilines is 1. The van der Waals surface area contributed by atoms with Crippen LogP contribution in [-0.2, 0) is 23.0 Å². The maximum atomic E-state index is 11.4. The Balaban J connectivity index is 2.68. The molecule has 90 valence electrons. The highest BCUT2D eigenvalue weighted by molar-refractivity contribution is 5.78. The van der Waals surface area contributed by atoms with Crippen LogP contribution < -0.4 is 5.32 Å². The van der Waals surface area contributed by atoms with Gasteiger partial charge < -0.3 is 10.1 Å². The fourth-order valence-electron chi connectivity index (χ4n) is 1.48. The van der Waals surface area contributed by atoms with Crippen molar-refractivity contribution in [3.8, 4) is 0 Å². The molecule has 1 heterocycles. The van der Waals surface area contributed by atoms with E-state index in [0.717, 1.165) is 17.8 Å². The van der Waals surface area contributed by atoms with Gasteiger partial charge in [-0.1, -0.05) is 6.92 Å². The number of carbonyl (C=O) groups is 1. The lowest BCUT2D eigenvalue weighted by molar-refractivity contribution is -0.143. The van der Waals surface area contributed by atoms with E-state index in [2.05, 4.69) is 10.4 Å². The van der Waals surface area contributed by atoms with Crippen molar-refractivity contribution < 1.29 is 9.53 Å². The first kappa shape index (κ1) is 12.5. The Labute approximate surface area is 95.8 Å². The van der Waals surface area contributed by atoms with E-state index in [-0.39, 0.29) is 12.0 Å². The molecular weight excluding hydrogens is 206 g/mol. The first-order valence-electron chi connectivity index (χ1n) is 5.54. The Morgan fingerprint density at radius 1 is 1.62 bits per heavy atom. The number of hydrogen-bond acceptors (Lipinski definition) is 4. The minimum atomic E-state index is -0.352. The molecule has 1 rings (SSSR count). The molecule has 1 aromatic rings. The van der Waals surface area contributed by atoms with E-state index in [9.17, 15) is 4.79 Å². The molecule has 0 fully saturated rings. The van der Waals surface area contributed by atoms with Crippen LogP contribution in [0, 0.1) is 0 Å². The van der Waals surface area contributed by atoms with E-state index in [0.29, 0.717) is 6.61 Å². The molecule has 0 amide bonds. The van der Waals surface area contributed by atoms with E-state index >= 15 is 0 Å². The zero-order valence-electron chi connectivity index (χ0n) is 10.3. The minimum absolute atomic E-state index is 0.242. The van der Waals surface area contributed by atoms with Gasteiger partial charge in [0.15, 0.2) is 0 Å². The van der Waals surface area contributed by atoms with Gasteiger partial charge >= 0.3 is 5.97 Å². The van der Waals surface area contributed by atoms with Crippen LogP contribution >= 0.6 is 0 Å². The summed E-state index contributed by atoms with van der Waals surface area (Å²) in [6.07, 6.45) is 2.70. The zero-order valence-corrected chi connectivity index (χ0v) is 10.3. The molecule has 0 aliphatic heterocycles. The van der Waals surface area contributed by atoms with E-state index in [4.69, 9.17) is 4.74 Å². The van der Waals surface area contributed by atoms with Crippen LogP contribution in [0.2, 0.25) is 0 Å². The lowest BCUT2D eigenvalue weighted by atomic mass is 10.2. The average molecular weight is 225 g/mol. The lowest BCUT2D eigenvalue weighted by Crippen LogP contribution is -2.28. The molecular formula is C11H19N3O2. The Kier molecular flexibility index (Phi) is 4.34. The van der Waals surface area contributed by atoms with Crippen molar-refractivity contribution in [1.82, 2.24) is 9.78 Å². The molecule has 5 heteroatoms. The normalized spacial score (nSPS) is 12.2. The quantitative estimate of drug-likeness (QED) is 0.768. The maximum absolute atomic E-state index is 11.4. The summed E-state index contributed by atoms with van der Waals surface area (Å²) in [5.74, 6) is -0.242. The number of aromatic nitrogens is 2. The highest BCUT2D eigenvalue weighted by Gasteiger charge is 2.16. The predicted octanol–water partition coefficient (Wildman–Crippen LogP) is 1.35. The first-order valence-corrected chi connectivity index (χ1v) is 5.54. The highest BCUT2D eigenvalue weighted by Crippen LogP contribution is 2.15. The van der Waals surface area contributed by atoms with Crippen molar-refractivity contribution in [3.63, 3.8) is 0 Å². The second-order valence-corrected chi connectivity index (χ2v) is 3.63. The monoisotopic (exact) mass is 225 g/mol. The fourth-order valence-corrected chi connectivity index (χ4v) is 1.48. The van der Waals surface area contributed by atoms with Gasteiger partial charge in [-0.25, -0.2) is 4.79 Å². The van der Waals surface area contributed by atoms with Gasteiger partial charge in [0.05, 0.1) is 18.0 Å². The van der Waals surface area contributed by atoms with Gasteiger partial charge in [-0.05, 0) is 20.3 Å². The summed E-state index contributed by atoms with van der Waals surface area (Å²) in [5, 5.41) is 7.40. The molecule has 0 bridgehead atoms.